The van der Waals surface area contributed by atoms with E-state index in [2.05, 4.69) is 70.4 Å². The third-order valence-corrected chi connectivity index (χ3v) is 12.5. The van der Waals surface area contributed by atoms with Crippen molar-refractivity contribution in [1.82, 2.24) is 73.8 Å². The van der Waals surface area contributed by atoms with Gasteiger partial charge < -0.3 is 110 Å². The molecule has 12 amide bonds. The number of hydrogen-bond donors (Lipinski definition) is 22. The van der Waals surface area contributed by atoms with Crippen LogP contribution >= 0.6 is 12.6 Å². The van der Waals surface area contributed by atoms with Gasteiger partial charge in [0.2, 0.25) is 70.9 Å². The van der Waals surface area contributed by atoms with Crippen LogP contribution in [0.1, 0.15) is 78.8 Å². The normalized spacial score (nSPS) is 15.0. The fraction of sp³-hybridized carbons (Fsp3) is 0.612. The number of aromatic nitrogens is 2. The zero-order valence-corrected chi connectivity index (χ0v) is 49.2. The molecule has 1 heterocycles. The molecule has 0 fully saturated rings. The standard InChI is InChI=1S/C49H77N15O23S/c1-20(2)10-28(44(81)56-21(3)40(77)63-38(22(4)66)47(84)60-27(49(86)87)7-9-36(73)74)61-46(83)30(12-37(75)76)58-34(70)16-54-42(79)31(17-65)62-48(85)39(23(5)67)64-43(80)26(6-8-35(71)72)59-45(82)29(11-24-13-51-19-55-24)57-33(69)15-52-32(68)14-53-41(78)25(50)18-88/h13,19-23,25-31,38-39,65-67,88H,6-12,14-18,50H2,1-5H3,(H,51,55)(H,52,68)(H,53,78)(H,54,79)(H,56,81)(H,57,69)(H,58,70)(H,59,82)(H,60,84)(H,61,83)(H,62,85)(H,63,77)(H,64,80)(H,71,72)(H,73,74)(H,75,76)(H,86,87)/t21-,22+,23+,25-,26-,27-,28-,29-,30-,31-,38-,39-/m0/s1. The van der Waals surface area contributed by atoms with Crippen LogP contribution in [-0.4, -0.2) is 245 Å². The largest absolute Gasteiger partial charge is 0.481 e. The van der Waals surface area contributed by atoms with Gasteiger partial charge in [0.15, 0.2) is 0 Å². The molecule has 39 heteroatoms. The molecule has 0 radical (unpaired) electrons. The average molecular weight is 1280 g/mol. The van der Waals surface area contributed by atoms with Gasteiger partial charge in [-0.3, -0.25) is 71.9 Å². The minimum Gasteiger partial charge on any atom is -0.481 e. The van der Waals surface area contributed by atoms with E-state index in [0.717, 1.165) is 20.8 Å². The summed E-state index contributed by atoms with van der Waals surface area (Å²) in [4.78, 5) is 210. The third-order valence-electron chi connectivity index (χ3n) is 12.1. The topological polar surface area (TPSA) is 614 Å². The number of hydrogen-bond acceptors (Lipinski definition) is 22. The zero-order valence-electron chi connectivity index (χ0n) is 48.3. The van der Waals surface area contributed by atoms with Crippen molar-refractivity contribution in [2.24, 2.45) is 11.7 Å². The molecule has 38 nitrogen and oxygen atoms in total. The molecule has 0 aliphatic heterocycles. The average Bonchev–Trinajstić information content (AvgIpc) is 1.99. The molecule has 492 valence electrons. The molecular weight excluding hydrogens is 1200 g/mol. The second kappa shape index (κ2) is 38.9. The number of thiol groups is 1. The van der Waals surface area contributed by atoms with Crippen molar-refractivity contribution in [2.45, 2.75) is 152 Å². The summed E-state index contributed by atoms with van der Waals surface area (Å²) in [6, 6.07) is -17.0. The second-order valence-corrected chi connectivity index (χ2v) is 20.4. The smallest absolute Gasteiger partial charge is 0.326 e. The quantitative estimate of drug-likeness (QED) is 0.0271. The lowest BCUT2D eigenvalue weighted by atomic mass is 10.0. The number of H-pyrrole nitrogens is 1. The number of carbonyl (C=O) groups excluding carboxylic acids is 12. The number of imidazole rings is 1. The van der Waals surface area contributed by atoms with Crippen LogP contribution in [0.15, 0.2) is 12.5 Å². The van der Waals surface area contributed by atoms with Crippen molar-refractivity contribution in [3.05, 3.63) is 18.2 Å². The van der Waals surface area contributed by atoms with E-state index in [-0.39, 0.29) is 30.2 Å². The molecule has 0 bridgehead atoms. The number of nitrogens with two attached hydrogens (primary N) is 1. The van der Waals surface area contributed by atoms with E-state index in [9.17, 15) is 107 Å². The Bertz CT molecular complexity index is 2650. The van der Waals surface area contributed by atoms with E-state index in [0.29, 0.717) is 0 Å². The number of amides is 12. The summed E-state index contributed by atoms with van der Waals surface area (Å²) >= 11 is 3.88. The van der Waals surface area contributed by atoms with Crippen molar-refractivity contribution in [1.29, 1.82) is 0 Å². The highest BCUT2D eigenvalue weighted by molar-refractivity contribution is 7.80. The summed E-state index contributed by atoms with van der Waals surface area (Å²) in [5.41, 5.74) is 5.80. The molecule has 1 aromatic rings. The van der Waals surface area contributed by atoms with Gasteiger partial charge in [-0.05, 0) is 46.0 Å². The predicted molar refractivity (Wildman–Crippen MR) is 300 cm³/mol. The number of nitrogens with one attached hydrogen (secondary N) is 13. The van der Waals surface area contributed by atoms with E-state index < -0.39 is 226 Å². The van der Waals surface area contributed by atoms with Crippen LogP contribution in [0.5, 0.6) is 0 Å². The molecular formula is C49H77N15O23S. The number of aliphatic carboxylic acids is 4. The molecule has 0 spiro atoms. The molecule has 12 atom stereocenters. The first kappa shape index (κ1) is 76.9. The summed E-state index contributed by atoms with van der Waals surface area (Å²) in [6.07, 6.45) is -5.23. The molecule has 1 aromatic heterocycles. The Morgan fingerprint density at radius 3 is 1.45 bits per heavy atom. The van der Waals surface area contributed by atoms with Gasteiger partial charge in [-0.1, -0.05) is 13.8 Å². The Labute approximate surface area is 506 Å². The summed E-state index contributed by atoms with van der Waals surface area (Å²) in [7, 11) is 0. The van der Waals surface area contributed by atoms with Crippen LogP contribution in [0, 0.1) is 5.92 Å². The highest BCUT2D eigenvalue weighted by Gasteiger charge is 2.37. The first-order valence-electron chi connectivity index (χ1n) is 26.8. The van der Waals surface area contributed by atoms with Gasteiger partial charge in [-0.15, -0.1) is 0 Å². The number of aromatic amines is 1. The minimum atomic E-state index is -2.03. The maximum atomic E-state index is 13.7. The molecule has 0 saturated heterocycles. The second-order valence-electron chi connectivity index (χ2n) is 20.1. The number of carboxylic acids is 4. The molecule has 0 aliphatic rings. The van der Waals surface area contributed by atoms with Crippen molar-refractivity contribution in [3.8, 4) is 0 Å². The summed E-state index contributed by atoms with van der Waals surface area (Å²) in [5, 5.41) is 94.2. The highest BCUT2D eigenvalue weighted by atomic mass is 32.1. The van der Waals surface area contributed by atoms with Crippen molar-refractivity contribution >= 4 is 107 Å². The lowest BCUT2D eigenvalue weighted by Crippen LogP contribution is -2.61. The van der Waals surface area contributed by atoms with Crippen LogP contribution in [0.2, 0.25) is 0 Å². The molecule has 22 N–H and O–H groups in total. The van der Waals surface area contributed by atoms with Gasteiger partial charge in [0.1, 0.15) is 54.4 Å². The third kappa shape index (κ3) is 29.3. The van der Waals surface area contributed by atoms with Gasteiger partial charge in [-0.2, -0.15) is 12.6 Å². The van der Waals surface area contributed by atoms with E-state index in [1.54, 1.807) is 13.8 Å². The molecule has 0 aliphatic carbocycles. The minimum absolute atomic E-state index is 0.0272. The first-order chi connectivity index (χ1) is 41.1. The van der Waals surface area contributed by atoms with Crippen molar-refractivity contribution in [2.75, 3.05) is 32.0 Å². The maximum absolute atomic E-state index is 13.7. The van der Waals surface area contributed by atoms with Crippen LogP contribution in [0.3, 0.4) is 0 Å². The van der Waals surface area contributed by atoms with Gasteiger partial charge in [0, 0.05) is 36.9 Å². The van der Waals surface area contributed by atoms with Crippen molar-refractivity contribution < 1.29 is 112 Å². The van der Waals surface area contributed by atoms with Gasteiger partial charge in [0.05, 0.1) is 57.2 Å². The molecule has 88 heavy (non-hydrogen) atoms. The van der Waals surface area contributed by atoms with Crippen LogP contribution in [-0.2, 0) is 83.1 Å². The number of aliphatic hydroxyl groups excluding tert-OH is 3. The van der Waals surface area contributed by atoms with Crippen LogP contribution < -0.4 is 69.5 Å². The molecule has 0 unspecified atom stereocenters. The molecule has 1 rings (SSSR count). The lowest BCUT2D eigenvalue weighted by Gasteiger charge is -2.27. The molecule has 0 saturated carbocycles. The van der Waals surface area contributed by atoms with Gasteiger partial charge >= 0.3 is 23.9 Å². The monoisotopic (exact) mass is 1280 g/mol. The van der Waals surface area contributed by atoms with Gasteiger partial charge in [-0.25, -0.2) is 9.78 Å². The maximum Gasteiger partial charge on any atom is 0.326 e. The number of aliphatic hydroxyl groups is 3. The Balaban J connectivity index is 3.16. The Morgan fingerprint density at radius 2 is 0.966 bits per heavy atom. The van der Waals surface area contributed by atoms with E-state index >= 15 is 0 Å². The number of carboxylic acid groups (broad SMARTS) is 4. The number of nitrogens with zero attached hydrogens (tertiary/aromatic N) is 1. The zero-order chi connectivity index (χ0) is 67.1. The summed E-state index contributed by atoms with van der Waals surface area (Å²) in [5.74, 6) is -20.0. The van der Waals surface area contributed by atoms with E-state index in [1.165, 1.54) is 12.5 Å². The fourth-order valence-corrected chi connectivity index (χ4v) is 7.53. The summed E-state index contributed by atoms with van der Waals surface area (Å²) < 4.78 is 0. The van der Waals surface area contributed by atoms with Crippen molar-refractivity contribution in [3.63, 3.8) is 0 Å². The van der Waals surface area contributed by atoms with E-state index in [4.69, 9.17) is 10.8 Å². The molecule has 0 aromatic carbocycles. The van der Waals surface area contributed by atoms with Crippen LogP contribution in [0.4, 0.5) is 0 Å². The van der Waals surface area contributed by atoms with Gasteiger partial charge in [0.25, 0.3) is 0 Å². The first-order valence-corrected chi connectivity index (χ1v) is 27.5. The highest BCUT2D eigenvalue weighted by Crippen LogP contribution is 2.09. The Morgan fingerprint density at radius 1 is 0.511 bits per heavy atom. The van der Waals surface area contributed by atoms with E-state index in [1.807, 2.05) is 16.0 Å². The summed E-state index contributed by atoms with van der Waals surface area (Å²) in [6.45, 7) is 2.79. The Hall–Kier alpha value is -9.08. The van der Waals surface area contributed by atoms with Crippen LogP contribution in [0.25, 0.3) is 0 Å². The lowest BCUT2D eigenvalue weighted by molar-refractivity contribution is -0.144. The number of rotatable bonds is 41. The fourth-order valence-electron chi connectivity index (χ4n) is 7.36. The number of carbonyl (C=O) groups is 16. The predicted octanol–water partition coefficient (Wildman–Crippen LogP) is -9.97. The Kier molecular flexibility index (Phi) is 34.0. The SMILES string of the molecule is CC(C)C[C@H](NC(=O)[C@H](CC(=O)O)NC(=O)CNC(=O)[C@H](CO)NC(=O)[C@@H](NC(=O)[C@H](CCC(=O)O)NC(=O)[C@H](Cc1cnc[nH]1)NC(=O)CNC(=O)CNC(=O)[C@@H](N)CS)[C@@H](C)O)C(=O)N[C@@H](C)C(=O)N[C@H](C(=O)N[C@@H](CCC(=O)O)C(=O)O)[C@@H](C)O.